The molecule has 0 aliphatic carbocycles. The van der Waals surface area contributed by atoms with Gasteiger partial charge in [-0.3, -0.25) is 0 Å². The van der Waals surface area contributed by atoms with Crippen LogP contribution in [-0.4, -0.2) is 0 Å². The van der Waals surface area contributed by atoms with Crippen LogP contribution < -0.4 is 4.74 Å². The number of ether oxygens (including phenoxy) is 1. The van der Waals surface area contributed by atoms with Crippen LogP contribution in [0.4, 0.5) is 4.39 Å². The minimum atomic E-state index is -0.293. The van der Waals surface area contributed by atoms with E-state index in [-0.39, 0.29) is 5.82 Å². The third-order valence-corrected chi connectivity index (χ3v) is 4.54. The summed E-state index contributed by atoms with van der Waals surface area (Å²) in [5.74, 6) is 0.815. The van der Waals surface area contributed by atoms with Crippen molar-refractivity contribution in [1.82, 2.24) is 0 Å². The van der Waals surface area contributed by atoms with Gasteiger partial charge in [-0.15, -0.1) is 11.6 Å². The Morgan fingerprint density at radius 3 is 2.63 bits per heavy atom. The molecule has 0 heterocycles. The summed E-state index contributed by atoms with van der Waals surface area (Å²) in [7, 11) is 0. The molecular formula is C14H10Br2ClFO. The van der Waals surface area contributed by atoms with Gasteiger partial charge in [0.1, 0.15) is 18.2 Å². The molecular weight excluding hydrogens is 398 g/mol. The first kappa shape index (κ1) is 14.8. The van der Waals surface area contributed by atoms with E-state index in [1.807, 2.05) is 24.3 Å². The van der Waals surface area contributed by atoms with Crippen molar-refractivity contribution in [2.24, 2.45) is 0 Å². The van der Waals surface area contributed by atoms with Crippen molar-refractivity contribution >= 4 is 43.5 Å². The Morgan fingerprint density at radius 2 is 1.89 bits per heavy atom. The Balaban J connectivity index is 2.12. The third-order valence-electron chi connectivity index (χ3n) is 2.59. The number of hydrogen-bond donors (Lipinski definition) is 0. The Kier molecular flexibility index (Phi) is 5.25. The van der Waals surface area contributed by atoms with Gasteiger partial charge in [0, 0.05) is 15.9 Å². The molecule has 2 aromatic carbocycles. The summed E-state index contributed by atoms with van der Waals surface area (Å²) in [5.41, 5.74) is 1.72. The van der Waals surface area contributed by atoms with Gasteiger partial charge in [-0.25, -0.2) is 4.39 Å². The van der Waals surface area contributed by atoms with Gasteiger partial charge >= 0.3 is 0 Å². The van der Waals surface area contributed by atoms with Crippen LogP contribution in [0, 0.1) is 5.82 Å². The first-order chi connectivity index (χ1) is 9.11. The van der Waals surface area contributed by atoms with Crippen LogP contribution in [0.1, 0.15) is 11.1 Å². The van der Waals surface area contributed by atoms with Crippen LogP contribution in [-0.2, 0) is 12.5 Å². The van der Waals surface area contributed by atoms with E-state index >= 15 is 0 Å². The Labute approximate surface area is 133 Å². The molecule has 0 aromatic heterocycles. The Hall–Kier alpha value is -0.580. The van der Waals surface area contributed by atoms with Crippen LogP contribution >= 0.6 is 43.5 Å². The van der Waals surface area contributed by atoms with Gasteiger partial charge in [0.25, 0.3) is 0 Å². The summed E-state index contributed by atoms with van der Waals surface area (Å²) in [5, 5.41) is 0. The minimum absolute atomic E-state index is 0.293. The van der Waals surface area contributed by atoms with Gasteiger partial charge in [-0.1, -0.05) is 28.1 Å². The zero-order valence-corrected chi connectivity index (χ0v) is 13.7. The highest BCUT2D eigenvalue weighted by Crippen LogP contribution is 2.26. The van der Waals surface area contributed by atoms with E-state index in [9.17, 15) is 4.39 Å². The average Bonchev–Trinajstić information content (AvgIpc) is 2.42. The summed E-state index contributed by atoms with van der Waals surface area (Å²) in [6.07, 6.45) is 0. The maximum absolute atomic E-state index is 13.4. The van der Waals surface area contributed by atoms with Crippen molar-refractivity contribution in [2.75, 3.05) is 0 Å². The Bertz CT molecular complexity index is 590. The van der Waals surface area contributed by atoms with Crippen LogP contribution in [0.3, 0.4) is 0 Å². The van der Waals surface area contributed by atoms with Crippen molar-refractivity contribution in [2.45, 2.75) is 12.5 Å². The molecule has 0 fully saturated rings. The maximum atomic E-state index is 13.4. The molecule has 0 atom stereocenters. The summed E-state index contributed by atoms with van der Waals surface area (Å²) < 4.78 is 20.4. The SMILES string of the molecule is Fc1cccc(COc2ccc(Br)c(CCl)c2)c1Br. The van der Waals surface area contributed by atoms with E-state index in [0.717, 1.165) is 15.6 Å². The van der Waals surface area contributed by atoms with Crippen molar-refractivity contribution in [3.8, 4) is 5.75 Å². The largest absolute Gasteiger partial charge is 0.489 e. The van der Waals surface area contributed by atoms with Crippen LogP contribution in [0.5, 0.6) is 5.75 Å². The van der Waals surface area contributed by atoms with Crippen LogP contribution in [0.25, 0.3) is 0 Å². The first-order valence-corrected chi connectivity index (χ1v) is 7.64. The molecule has 2 rings (SSSR count). The minimum Gasteiger partial charge on any atom is -0.489 e. The molecule has 0 aliphatic rings. The van der Waals surface area contributed by atoms with Gasteiger partial charge < -0.3 is 4.74 Å². The van der Waals surface area contributed by atoms with Crippen molar-refractivity contribution in [3.63, 3.8) is 0 Å². The summed E-state index contributed by atoms with van der Waals surface area (Å²) >= 11 is 12.4. The van der Waals surface area contributed by atoms with E-state index in [1.165, 1.54) is 6.07 Å². The number of hydrogen-bond acceptors (Lipinski definition) is 1. The van der Waals surface area contributed by atoms with Gasteiger partial charge in [-0.05, 0) is 45.8 Å². The van der Waals surface area contributed by atoms with Crippen LogP contribution in [0.2, 0.25) is 0 Å². The fourth-order valence-electron chi connectivity index (χ4n) is 1.56. The standard InChI is InChI=1S/C14H10Br2ClFO/c15-12-5-4-11(6-10(12)7-17)19-8-9-2-1-3-13(18)14(9)16/h1-6H,7-8H2. The zero-order valence-electron chi connectivity index (χ0n) is 9.80. The molecule has 0 spiro atoms. The zero-order chi connectivity index (χ0) is 13.8. The lowest BCUT2D eigenvalue weighted by Crippen LogP contribution is -1.98. The highest BCUT2D eigenvalue weighted by atomic mass is 79.9. The fourth-order valence-corrected chi connectivity index (χ4v) is 2.71. The predicted molar refractivity (Wildman–Crippen MR) is 82.1 cm³/mol. The molecule has 0 amide bonds. The maximum Gasteiger partial charge on any atom is 0.137 e. The number of benzene rings is 2. The quantitative estimate of drug-likeness (QED) is 0.593. The number of rotatable bonds is 4. The smallest absolute Gasteiger partial charge is 0.137 e. The first-order valence-electron chi connectivity index (χ1n) is 5.52. The van der Waals surface area contributed by atoms with E-state index in [2.05, 4.69) is 31.9 Å². The number of halogens is 4. The Morgan fingerprint density at radius 1 is 1.11 bits per heavy atom. The van der Waals surface area contributed by atoms with E-state index in [1.54, 1.807) is 6.07 Å². The molecule has 0 bridgehead atoms. The summed E-state index contributed by atoms with van der Waals surface area (Å²) in [6, 6.07) is 10.5. The average molecular weight is 408 g/mol. The third kappa shape index (κ3) is 3.71. The van der Waals surface area contributed by atoms with Gasteiger partial charge in [0.2, 0.25) is 0 Å². The highest BCUT2D eigenvalue weighted by molar-refractivity contribution is 9.10. The molecule has 0 radical (unpaired) electrons. The molecule has 0 unspecified atom stereocenters. The van der Waals surface area contributed by atoms with Crippen molar-refractivity contribution < 1.29 is 9.13 Å². The highest BCUT2D eigenvalue weighted by Gasteiger charge is 2.07. The predicted octanol–water partition coefficient (Wildman–Crippen LogP) is 5.67. The molecule has 0 N–H and O–H groups in total. The van der Waals surface area contributed by atoms with E-state index in [4.69, 9.17) is 16.3 Å². The van der Waals surface area contributed by atoms with E-state index in [0.29, 0.717) is 22.7 Å². The van der Waals surface area contributed by atoms with Crippen molar-refractivity contribution in [1.29, 1.82) is 0 Å². The van der Waals surface area contributed by atoms with Crippen molar-refractivity contribution in [3.05, 3.63) is 62.3 Å². The molecule has 2 aromatic rings. The molecule has 19 heavy (non-hydrogen) atoms. The molecule has 0 aliphatic heterocycles. The van der Waals surface area contributed by atoms with Crippen LogP contribution in [0.15, 0.2) is 45.3 Å². The topological polar surface area (TPSA) is 9.23 Å². The lowest BCUT2D eigenvalue weighted by atomic mass is 10.2. The summed E-state index contributed by atoms with van der Waals surface area (Å²) in [4.78, 5) is 0. The van der Waals surface area contributed by atoms with E-state index < -0.39 is 0 Å². The fraction of sp³-hybridized carbons (Fsp3) is 0.143. The second-order valence-corrected chi connectivity index (χ2v) is 5.80. The molecule has 100 valence electrons. The lowest BCUT2D eigenvalue weighted by Gasteiger charge is -2.10. The monoisotopic (exact) mass is 406 g/mol. The normalized spacial score (nSPS) is 10.5. The van der Waals surface area contributed by atoms with Gasteiger partial charge in [-0.2, -0.15) is 0 Å². The van der Waals surface area contributed by atoms with Gasteiger partial charge in [0.05, 0.1) is 4.47 Å². The number of alkyl halides is 1. The van der Waals surface area contributed by atoms with Gasteiger partial charge in [0.15, 0.2) is 0 Å². The molecule has 5 heteroatoms. The lowest BCUT2D eigenvalue weighted by molar-refractivity contribution is 0.304. The second kappa shape index (κ2) is 6.73. The summed E-state index contributed by atoms with van der Waals surface area (Å²) in [6.45, 7) is 0.293. The molecule has 0 saturated carbocycles. The molecule has 0 saturated heterocycles. The second-order valence-electron chi connectivity index (χ2n) is 3.89. The molecule has 1 nitrogen and oxygen atoms in total.